The maximum Gasteiger partial charge on any atom is 0.305 e. The van der Waals surface area contributed by atoms with E-state index in [1.807, 2.05) is 5.94 Å². The van der Waals surface area contributed by atoms with Crippen LogP contribution < -0.4 is 0 Å². The third-order valence-electron chi connectivity index (χ3n) is 12.1. The lowest BCUT2D eigenvalue weighted by molar-refractivity contribution is -0.144. The van der Waals surface area contributed by atoms with Crippen molar-refractivity contribution >= 4 is 17.9 Å². The lowest BCUT2D eigenvalue weighted by Gasteiger charge is -2.24. The van der Waals surface area contributed by atoms with Crippen LogP contribution in [0.25, 0.3) is 0 Å². The summed E-state index contributed by atoms with van der Waals surface area (Å²) in [6, 6.07) is 0. The molecule has 0 radical (unpaired) electrons. The molecule has 0 saturated heterocycles. The molecule has 9 heteroatoms. The second-order valence-corrected chi connectivity index (χ2v) is 18.0. The van der Waals surface area contributed by atoms with Crippen molar-refractivity contribution in [2.45, 2.75) is 251 Å². The zero-order valence-corrected chi connectivity index (χ0v) is 40.4. The van der Waals surface area contributed by atoms with E-state index in [0.29, 0.717) is 57.6 Å². The molecule has 61 heavy (non-hydrogen) atoms. The van der Waals surface area contributed by atoms with Crippen LogP contribution in [0.5, 0.6) is 0 Å². The highest BCUT2D eigenvalue weighted by molar-refractivity contribution is 5.69. The predicted molar refractivity (Wildman–Crippen MR) is 256 cm³/mol. The smallest absolute Gasteiger partial charge is 0.305 e. The van der Waals surface area contributed by atoms with Gasteiger partial charge in [-0.1, -0.05) is 181 Å². The summed E-state index contributed by atoms with van der Waals surface area (Å²) in [6.45, 7) is 10.6. The van der Waals surface area contributed by atoms with Gasteiger partial charge >= 0.3 is 11.9 Å². The van der Waals surface area contributed by atoms with E-state index < -0.39 is 5.97 Å². The van der Waals surface area contributed by atoms with Crippen LogP contribution >= 0.6 is 0 Å². The number of hydrogen-bond donors (Lipinski definition) is 2. The fraction of sp³-hybridized carbons (Fsp3) is 0.923. The number of ether oxygens (including phenoxy) is 2. The maximum atomic E-state index is 12.5. The van der Waals surface area contributed by atoms with E-state index in [0.717, 1.165) is 77.7 Å². The number of carbonyl (C=O) groups excluding carboxylic acids is 2. The molecule has 360 valence electrons. The van der Waals surface area contributed by atoms with Crippen molar-refractivity contribution in [2.24, 2.45) is 0 Å². The second kappa shape index (κ2) is 49.1. The molecular weight excluding hydrogens is 765 g/mol. The summed E-state index contributed by atoms with van der Waals surface area (Å²) in [4.78, 5) is 39.8. The number of hydrogen-bond acceptors (Lipinski definition) is 8. The van der Waals surface area contributed by atoms with Crippen LogP contribution in [0.3, 0.4) is 0 Å². The van der Waals surface area contributed by atoms with Crippen LogP contribution in [0, 0.1) is 0 Å². The number of esters is 1. The fourth-order valence-electron chi connectivity index (χ4n) is 8.20. The van der Waals surface area contributed by atoms with Crippen LogP contribution in [0.4, 0.5) is 0 Å². The van der Waals surface area contributed by atoms with Gasteiger partial charge in [0.15, 0.2) is 11.7 Å². The van der Waals surface area contributed by atoms with Crippen LogP contribution in [0.15, 0.2) is 5.76 Å². The van der Waals surface area contributed by atoms with Gasteiger partial charge in [0, 0.05) is 32.4 Å². The minimum atomic E-state index is -0.778. The molecule has 0 aliphatic heterocycles. The van der Waals surface area contributed by atoms with Gasteiger partial charge in [-0.2, -0.15) is 0 Å². The van der Waals surface area contributed by atoms with E-state index in [9.17, 15) is 24.6 Å². The first-order chi connectivity index (χ1) is 30.0. The Balaban J connectivity index is 4.12. The van der Waals surface area contributed by atoms with Crippen LogP contribution in [0.1, 0.15) is 251 Å². The Kier molecular flexibility index (Phi) is 47.5. The Morgan fingerprint density at radius 2 is 0.738 bits per heavy atom. The van der Waals surface area contributed by atoms with Gasteiger partial charge in [-0.05, 0) is 84.1 Å². The molecule has 0 aromatic heterocycles. The quantitative estimate of drug-likeness (QED) is 0.0267. The molecule has 0 aliphatic rings. The number of carbonyl (C=O) groups is 2. The van der Waals surface area contributed by atoms with E-state index in [2.05, 4.69) is 23.6 Å². The van der Waals surface area contributed by atoms with Gasteiger partial charge in [-0.3, -0.25) is 9.59 Å². The first kappa shape index (κ1) is 59.1. The van der Waals surface area contributed by atoms with Gasteiger partial charge in [-0.25, -0.2) is 4.79 Å². The van der Waals surface area contributed by atoms with E-state index in [1.165, 1.54) is 154 Å². The van der Waals surface area contributed by atoms with E-state index in [-0.39, 0.29) is 19.0 Å². The van der Waals surface area contributed by atoms with Crippen molar-refractivity contribution in [3.8, 4) is 0 Å². The van der Waals surface area contributed by atoms with Gasteiger partial charge in [-0.15, -0.1) is 0 Å². The van der Waals surface area contributed by atoms with Gasteiger partial charge in [0.25, 0.3) is 0 Å². The molecule has 0 aliphatic carbocycles. The minimum absolute atomic E-state index is 0.131. The molecular formula is C52H100N2O7. The van der Waals surface area contributed by atoms with Crippen molar-refractivity contribution < 1.29 is 34.1 Å². The third kappa shape index (κ3) is 45.9. The number of carboxylic acids is 1. The number of aliphatic hydroxyl groups excluding tert-OH is 1. The molecule has 2 N–H and O–H groups in total. The summed E-state index contributed by atoms with van der Waals surface area (Å²) < 4.78 is 11.3. The summed E-state index contributed by atoms with van der Waals surface area (Å²) >= 11 is 0. The van der Waals surface area contributed by atoms with Crippen molar-refractivity contribution in [1.29, 1.82) is 0 Å². The zero-order chi connectivity index (χ0) is 44.5. The Morgan fingerprint density at radius 3 is 1.11 bits per heavy atom. The molecule has 0 fully saturated rings. The minimum Gasteiger partial charge on any atom is -0.487 e. The molecule has 0 atom stereocenters. The van der Waals surface area contributed by atoms with Gasteiger partial charge in [0.2, 0.25) is 0 Å². The molecule has 0 rings (SSSR count). The first-order valence-electron chi connectivity index (χ1n) is 26.3. The first-order valence-corrected chi connectivity index (χ1v) is 26.3. The predicted octanol–water partition coefficient (Wildman–Crippen LogP) is 13.4. The number of rotatable bonds is 51. The molecule has 0 amide bonds. The molecule has 0 bridgehead atoms. The molecule has 0 spiro atoms. The number of nitrogens with zero attached hydrogens (tertiary/aromatic N) is 2. The average molecular weight is 865 g/mol. The number of aliphatic hydroxyl groups is 1. The molecule has 0 unspecified atom stereocenters. The Labute approximate surface area is 376 Å². The van der Waals surface area contributed by atoms with Crippen LogP contribution in [0.2, 0.25) is 0 Å². The number of aliphatic carboxylic acids is 1. The number of carboxylic acid groups (broad SMARTS) is 1. The third-order valence-corrected chi connectivity index (χ3v) is 12.1. The standard InChI is InChI=1S/C52H100N2O7/c1-3-5-7-9-11-13-14-15-16-17-18-19-20-21-22-24-26-28-32-48-61-52(59)39-35-44-53(43-34-38-51(57)58)40-29-30-41-54(45-36-46-55)42-33-37-50(49-56)60-47-31-27-25-23-12-10-8-6-4-2/h55H,3-48H2,1-2H3,(H,57,58). The van der Waals surface area contributed by atoms with E-state index in [4.69, 9.17) is 9.47 Å². The van der Waals surface area contributed by atoms with Crippen molar-refractivity contribution in [1.82, 2.24) is 9.80 Å². The largest absolute Gasteiger partial charge is 0.487 e. The summed E-state index contributed by atoms with van der Waals surface area (Å²) in [5.41, 5.74) is 0. The summed E-state index contributed by atoms with van der Waals surface area (Å²) in [7, 11) is 0. The second-order valence-electron chi connectivity index (χ2n) is 18.0. The van der Waals surface area contributed by atoms with E-state index in [1.54, 1.807) is 0 Å². The van der Waals surface area contributed by atoms with Crippen molar-refractivity contribution in [3.63, 3.8) is 0 Å². The lowest BCUT2D eigenvalue weighted by Crippen LogP contribution is -2.31. The summed E-state index contributed by atoms with van der Waals surface area (Å²) in [5, 5.41) is 18.6. The fourth-order valence-corrected chi connectivity index (χ4v) is 8.20. The van der Waals surface area contributed by atoms with Crippen molar-refractivity contribution in [3.05, 3.63) is 5.76 Å². The lowest BCUT2D eigenvalue weighted by atomic mass is 10.0. The molecule has 0 saturated carbocycles. The highest BCUT2D eigenvalue weighted by atomic mass is 16.5. The Bertz CT molecular complexity index is 989. The molecule has 0 heterocycles. The normalized spacial score (nSPS) is 11.4. The monoisotopic (exact) mass is 865 g/mol. The van der Waals surface area contributed by atoms with Gasteiger partial charge in [0.1, 0.15) is 0 Å². The highest BCUT2D eigenvalue weighted by Gasteiger charge is 2.11. The number of unbranched alkanes of at least 4 members (excludes halogenated alkanes) is 27. The number of allylic oxidation sites excluding steroid dienone is 1. The van der Waals surface area contributed by atoms with Crippen LogP contribution in [-0.2, 0) is 23.9 Å². The average Bonchev–Trinajstić information content (AvgIpc) is 3.25. The topological polar surface area (TPSA) is 117 Å². The SMILES string of the molecule is CCCCCCCCCCCCCCCCCCCCCOC(=O)CCCN(CCCCN(CCCO)CCCC(=C=O)OCCCCCCCCCCC)CCCC(=O)O. The highest BCUT2D eigenvalue weighted by Crippen LogP contribution is 2.16. The maximum absolute atomic E-state index is 12.5. The van der Waals surface area contributed by atoms with Crippen molar-refractivity contribution in [2.75, 3.05) is 59.1 Å². The summed E-state index contributed by atoms with van der Waals surface area (Å²) in [6.07, 6.45) is 42.6. The molecule has 0 aromatic rings. The van der Waals surface area contributed by atoms with Gasteiger partial charge in [0.05, 0.1) is 13.2 Å². The van der Waals surface area contributed by atoms with Gasteiger partial charge < -0.3 is 29.5 Å². The van der Waals surface area contributed by atoms with E-state index >= 15 is 0 Å². The zero-order valence-electron chi connectivity index (χ0n) is 40.4. The molecule has 0 aromatic carbocycles. The Hall–Kier alpha value is -1.93. The summed E-state index contributed by atoms with van der Waals surface area (Å²) in [5.74, 6) is 1.52. The van der Waals surface area contributed by atoms with Crippen LogP contribution in [-0.4, -0.2) is 97.0 Å². The Morgan fingerprint density at radius 1 is 0.410 bits per heavy atom. The molecule has 9 nitrogen and oxygen atoms in total.